The highest BCUT2D eigenvalue weighted by Crippen LogP contribution is 2.30. The highest BCUT2D eigenvalue weighted by Gasteiger charge is 2.38. The summed E-state index contributed by atoms with van der Waals surface area (Å²) in [7, 11) is 0. The van der Waals surface area contributed by atoms with E-state index in [9.17, 15) is 4.79 Å². The van der Waals surface area contributed by atoms with E-state index in [1.165, 1.54) is 0 Å². The lowest BCUT2D eigenvalue weighted by Gasteiger charge is -2.37. The summed E-state index contributed by atoms with van der Waals surface area (Å²) < 4.78 is 5.72. The molecule has 0 spiro atoms. The Balaban J connectivity index is 1.82. The summed E-state index contributed by atoms with van der Waals surface area (Å²) in [6, 6.07) is 5.44. The van der Waals surface area contributed by atoms with Crippen molar-refractivity contribution in [2.24, 2.45) is 5.84 Å². The molecule has 1 saturated carbocycles. The number of carbonyl (C=O) groups excluding carboxylic acids is 1. The van der Waals surface area contributed by atoms with Gasteiger partial charge in [0.25, 0.3) is 5.91 Å². The Morgan fingerprint density at radius 3 is 3.21 bits per heavy atom. The van der Waals surface area contributed by atoms with Crippen LogP contribution in [0.3, 0.4) is 0 Å². The van der Waals surface area contributed by atoms with Gasteiger partial charge in [-0.25, -0.2) is 10.8 Å². The van der Waals surface area contributed by atoms with E-state index in [-0.39, 0.29) is 18.1 Å². The van der Waals surface area contributed by atoms with Crippen LogP contribution in [0.2, 0.25) is 0 Å². The molecule has 19 heavy (non-hydrogen) atoms. The van der Waals surface area contributed by atoms with Crippen molar-refractivity contribution in [3.8, 4) is 0 Å². The third kappa shape index (κ3) is 2.29. The van der Waals surface area contributed by atoms with Crippen molar-refractivity contribution in [1.29, 1.82) is 0 Å². The van der Waals surface area contributed by atoms with Gasteiger partial charge in [0.15, 0.2) is 0 Å². The van der Waals surface area contributed by atoms with Crippen LogP contribution in [0, 0.1) is 0 Å². The van der Waals surface area contributed by atoms with Gasteiger partial charge in [-0.15, -0.1) is 0 Å². The summed E-state index contributed by atoms with van der Waals surface area (Å²) in [6.07, 6.45) is 3.39. The zero-order chi connectivity index (χ0) is 13.2. The number of fused-ring (bicyclic) bond motifs is 1. The quantitative estimate of drug-likeness (QED) is 0.607. The maximum atomic E-state index is 12.5. The summed E-state index contributed by atoms with van der Waals surface area (Å²) in [6.45, 7) is 1.25. The van der Waals surface area contributed by atoms with Gasteiger partial charge in [-0.05, 0) is 31.4 Å². The number of ether oxygens (including phenoxy) is 1. The van der Waals surface area contributed by atoms with E-state index in [0.29, 0.717) is 24.7 Å². The third-order valence-electron chi connectivity index (χ3n) is 3.86. The van der Waals surface area contributed by atoms with Crippen LogP contribution in [0.15, 0.2) is 18.2 Å². The molecular formula is C13H18N4O2. The Labute approximate surface area is 111 Å². The topological polar surface area (TPSA) is 80.5 Å². The molecule has 0 bridgehead atoms. The molecule has 6 nitrogen and oxygen atoms in total. The highest BCUT2D eigenvalue weighted by molar-refractivity contribution is 5.93. The minimum atomic E-state index is -0.0303. The second-order valence-electron chi connectivity index (χ2n) is 4.96. The molecule has 1 amide bonds. The van der Waals surface area contributed by atoms with Crippen LogP contribution < -0.4 is 11.3 Å². The smallest absolute Gasteiger partial charge is 0.272 e. The molecule has 102 valence electrons. The molecule has 1 saturated heterocycles. The van der Waals surface area contributed by atoms with E-state index in [0.717, 1.165) is 19.3 Å². The van der Waals surface area contributed by atoms with Gasteiger partial charge in [0, 0.05) is 6.54 Å². The van der Waals surface area contributed by atoms with Gasteiger partial charge in [0.05, 0.1) is 18.8 Å². The number of nitrogen functional groups attached to an aromatic ring is 1. The summed E-state index contributed by atoms with van der Waals surface area (Å²) in [4.78, 5) is 18.7. The number of hydrogen-bond acceptors (Lipinski definition) is 5. The van der Waals surface area contributed by atoms with Gasteiger partial charge in [0.1, 0.15) is 11.5 Å². The van der Waals surface area contributed by atoms with E-state index in [1.54, 1.807) is 18.2 Å². The van der Waals surface area contributed by atoms with Gasteiger partial charge in [0.2, 0.25) is 0 Å². The standard InChI is InChI=1S/C13H18N4O2/c14-16-12-6-1-3-9(15-12)13(18)17-7-8-19-11-5-2-4-10(11)17/h1,3,6,10-11H,2,4-5,7-8,14H2,(H,15,16). The Morgan fingerprint density at radius 2 is 2.37 bits per heavy atom. The third-order valence-corrected chi connectivity index (χ3v) is 3.86. The van der Waals surface area contributed by atoms with Crippen molar-refractivity contribution >= 4 is 11.7 Å². The Bertz CT molecular complexity index is 479. The molecule has 2 heterocycles. The van der Waals surface area contributed by atoms with E-state index in [4.69, 9.17) is 10.6 Å². The monoisotopic (exact) mass is 262 g/mol. The number of hydrazine groups is 1. The summed E-state index contributed by atoms with van der Waals surface area (Å²) in [5, 5.41) is 0. The number of aromatic nitrogens is 1. The molecule has 0 radical (unpaired) electrons. The predicted molar refractivity (Wildman–Crippen MR) is 70.5 cm³/mol. The number of anilines is 1. The number of nitrogens with one attached hydrogen (secondary N) is 1. The molecule has 3 N–H and O–H groups in total. The number of hydrogen-bond donors (Lipinski definition) is 2. The van der Waals surface area contributed by atoms with Gasteiger partial charge in [-0.3, -0.25) is 4.79 Å². The zero-order valence-corrected chi connectivity index (χ0v) is 10.7. The van der Waals surface area contributed by atoms with Crippen molar-refractivity contribution in [3.05, 3.63) is 23.9 Å². The van der Waals surface area contributed by atoms with Crippen molar-refractivity contribution in [3.63, 3.8) is 0 Å². The lowest BCUT2D eigenvalue weighted by Crippen LogP contribution is -2.51. The molecule has 2 fully saturated rings. The number of amides is 1. The van der Waals surface area contributed by atoms with Crippen LogP contribution in [0.5, 0.6) is 0 Å². The summed E-state index contributed by atoms with van der Waals surface area (Å²) >= 11 is 0. The summed E-state index contributed by atoms with van der Waals surface area (Å²) in [5.41, 5.74) is 2.90. The van der Waals surface area contributed by atoms with Crippen molar-refractivity contribution < 1.29 is 9.53 Å². The molecule has 2 atom stereocenters. The number of morpholine rings is 1. The Hall–Kier alpha value is -1.66. The lowest BCUT2D eigenvalue weighted by atomic mass is 10.1. The first kappa shape index (κ1) is 12.4. The normalized spacial score (nSPS) is 26.1. The fourth-order valence-electron chi connectivity index (χ4n) is 2.96. The van der Waals surface area contributed by atoms with Crippen molar-refractivity contribution in [2.75, 3.05) is 18.6 Å². The number of nitrogens with two attached hydrogens (primary N) is 1. The van der Waals surface area contributed by atoms with Gasteiger partial charge < -0.3 is 15.1 Å². The second kappa shape index (κ2) is 5.14. The van der Waals surface area contributed by atoms with E-state index >= 15 is 0 Å². The van der Waals surface area contributed by atoms with Crippen LogP contribution in [0.4, 0.5) is 5.82 Å². The molecule has 1 aromatic heterocycles. The number of rotatable bonds is 2. The molecule has 6 heteroatoms. The molecule has 0 aromatic carbocycles. The lowest BCUT2D eigenvalue weighted by molar-refractivity contribution is -0.0447. The SMILES string of the molecule is NNc1cccc(C(=O)N2CCOC3CCCC32)n1. The first-order chi connectivity index (χ1) is 9.29. The first-order valence-electron chi connectivity index (χ1n) is 6.66. The Morgan fingerprint density at radius 1 is 1.47 bits per heavy atom. The number of carbonyl (C=O) groups is 1. The second-order valence-corrected chi connectivity index (χ2v) is 4.96. The largest absolute Gasteiger partial charge is 0.374 e. The van der Waals surface area contributed by atoms with E-state index in [2.05, 4.69) is 10.4 Å². The molecule has 1 aromatic rings. The minimum absolute atomic E-state index is 0.0303. The van der Waals surface area contributed by atoms with Crippen LogP contribution in [0.25, 0.3) is 0 Å². The molecule has 1 aliphatic heterocycles. The molecule has 1 aliphatic carbocycles. The molecule has 2 unspecified atom stereocenters. The minimum Gasteiger partial charge on any atom is -0.374 e. The fraction of sp³-hybridized carbons (Fsp3) is 0.538. The van der Waals surface area contributed by atoms with Crippen molar-refractivity contribution in [2.45, 2.75) is 31.4 Å². The van der Waals surface area contributed by atoms with Crippen molar-refractivity contribution in [1.82, 2.24) is 9.88 Å². The van der Waals surface area contributed by atoms with E-state index in [1.807, 2.05) is 4.90 Å². The number of nitrogens with zero attached hydrogens (tertiary/aromatic N) is 2. The first-order valence-corrected chi connectivity index (χ1v) is 6.66. The number of pyridine rings is 1. The fourth-order valence-corrected chi connectivity index (χ4v) is 2.96. The van der Waals surface area contributed by atoms with Crippen LogP contribution in [-0.4, -0.2) is 41.1 Å². The summed E-state index contributed by atoms with van der Waals surface area (Å²) in [5.74, 6) is 5.80. The van der Waals surface area contributed by atoms with Gasteiger partial charge in [-0.1, -0.05) is 6.07 Å². The predicted octanol–water partition coefficient (Wildman–Crippen LogP) is 0.761. The maximum Gasteiger partial charge on any atom is 0.272 e. The van der Waals surface area contributed by atoms with Crippen LogP contribution in [-0.2, 0) is 4.74 Å². The highest BCUT2D eigenvalue weighted by atomic mass is 16.5. The average Bonchev–Trinajstić information content (AvgIpc) is 2.95. The van der Waals surface area contributed by atoms with Gasteiger partial charge >= 0.3 is 0 Å². The average molecular weight is 262 g/mol. The molecule has 2 aliphatic rings. The molecule has 3 rings (SSSR count). The van der Waals surface area contributed by atoms with Crippen LogP contribution >= 0.6 is 0 Å². The Kier molecular flexibility index (Phi) is 3.35. The van der Waals surface area contributed by atoms with Crippen LogP contribution in [0.1, 0.15) is 29.8 Å². The van der Waals surface area contributed by atoms with Gasteiger partial charge in [-0.2, -0.15) is 0 Å². The molecular weight excluding hydrogens is 244 g/mol. The zero-order valence-electron chi connectivity index (χ0n) is 10.7. The van der Waals surface area contributed by atoms with E-state index < -0.39 is 0 Å². The maximum absolute atomic E-state index is 12.5.